The highest BCUT2D eigenvalue weighted by molar-refractivity contribution is 5.85. The van der Waals surface area contributed by atoms with Gasteiger partial charge >= 0.3 is 0 Å². The second-order valence-electron chi connectivity index (χ2n) is 5.42. The van der Waals surface area contributed by atoms with Crippen molar-refractivity contribution in [3.8, 4) is 11.3 Å². The molecule has 0 aliphatic heterocycles. The van der Waals surface area contributed by atoms with Crippen molar-refractivity contribution >= 4 is 16.6 Å². The molecule has 22 heavy (non-hydrogen) atoms. The van der Waals surface area contributed by atoms with Crippen LogP contribution < -0.4 is 0 Å². The van der Waals surface area contributed by atoms with Gasteiger partial charge < -0.3 is 0 Å². The van der Waals surface area contributed by atoms with E-state index >= 15 is 0 Å². The average Bonchev–Trinajstić information content (AvgIpc) is 2.96. The Bertz CT molecular complexity index is 1020. The molecule has 3 aromatic heterocycles. The minimum absolute atomic E-state index is 0.199. The van der Waals surface area contributed by atoms with Crippen LogP contribution in [-0.2, 0) is 0 Å². The maximum absolute atomic E-state index is 13.7. The number of nitrogens with zero attached hydrogens (tertiary/aromatic N) is 4. The normalized spacial score (nSPS) is 11.4. The highest BCUT2D eigenvalue weighted by Crippen LogP contribution is 2.26. The third-order valence-corrected chi connectivity index (χ3v) is 3.87. The fourth-order valence-electron chi connectivity index (χ4n) is 2.64. The first-order valence-electron chi connectivity index (χ1n) is 6.99. The van der Waals surface area contributed by atoms with Gasteiger partial charge in [-0.05, 0) is 55.3 Å². The van der Waals surface area contributed by atoms with Gasteiger partial charge in [0.2, 0.25) is 0 Å². The van der Waals surface area contributed by atoms with E-state index in [1.165, 1.54) is 6.33 Å². The highest BCUT2D eigenvalue weighted by atomic mass is 19.1. The summed E-state index contributed by atoms with van der Waals surface area (Å²) in [5, 5.41) is 4.93. The van der Waals surface area contributed by atoms with Gasteiger partial charge in [-0.15, -0.1) is 0 Å². The lowest BCUT2D eigenvalue weighted by molar-refractivity contribution is 0.620. The molecule has 4 nitrogen and oxygen atoms in total. The molecule has 0 saturated carbocycles. The number of rotatable bonds is 1. The Morgan fingerprint density at radius 1 is 1.05 bits per heavy atom. The zero-order valence-corrected chi connectivity index (χ0v) is 12.2. The molecule has 5 heteroatoms. The van der Waals surface area contributed by atoms with E-state index < -0.39 is 0 Å². The van der Waals surface area contributed by atoms with Gasteiger partial charge in [-0.1, -0.05) is 0 Å². The Morgan fingerprint density at radius 3 is 2.77 bits per heavy atom. The molecular formula is C17H13FN4. The fourth-order valence-corrected chi connectivity index (χ4v) is 2.64. The van der Waals surface area contributed by atoms with E-state index in [2.05, 4.69) is 15.1 Å². The summed E-state index contributed by atoms with van der Waals surface area (Å²) >= 11 is 0. The van der Waals surface area contributed by atoms with E-state index in [4.69, 9.17) is 0 Å². The van der Waals surface area contributed by atoms with Crippen LogP contribution in [-0.4, -0.2) is 19.6 Å². The topological polar surface area (TPSA) is 43.1 Å². The van der Waals surface area contributed by atoms with Gasteiger partial charge in [-0.25, -0.2) is 18.9 Å². The van der Waals surface area contributed by atoms with Crippen molar-refractivity contribution in [2.45, 2.75) is 13.8 Å². The number of hydrogen-bond donors (Lipinski definition) is 0. The molecule has 0 saturated heterocycles. The second kappa shape index (κ2) is 4.59. The van der Waals surface area contributed by atoms with Gasteiger partial charge in [0.15, 0.2) is 5.65 Å². The van der Waals surface area contributed by atoms with E-state index in [0.29, 0.717) is 5.56 Å². The summed E-state index contributed by atoms with van der Waals surface area (Å²) in [6, 6.07) is 9.21. The summed E-state index contributed by atoms with van der Waals surface area (Å²) in [7, 11) is 0. The van der Waals surface area contributed by atoms with E-state index in [0.717, 1.165) is 33.4 Å². The molecule has 0 amide bonds. The summed E-state index contributed by atoms with van der Waals surface area (Å²) < 4.78 is 15.5. The minimum Gasteiger partial charge on any atom is -0.248 e. The van der Waals surface area contributed by atoms with Crippen LogP contribution in [0.5, 0.6) is 0 Å². The summed E-state index contributed by atoms with van der Waals surface area (Å²) in [4.78, 5) is 8.87. The van der Waals surface area contributed by atoms with Crippen molar-refractivity contribution in [3.05, 3.63) is 59.8 Å². The molecule has 0 fully saturated rings. The Balaban J connectivity index is 1.96. The van der Waals surface area contributed by atoms with Crippen LogP contribution in [0.4, 0.5) is 4.39 Å². The van der Waals surface area contributed by atoms with Gasteiger partial charge in [0.1, 0.15) is 12.1 Å². The molecule has 0 unspecified atom stereocenters. The number of halogens is 1. The lowest BCUT2D eigenvalue weighted by Crippen LogP contribution is -1.93. The number of benzene rings is 1. The number of pyridine rings is 2. The van der Waals surface area contributed by atoms with E-state index in [1.54, 1.807) is 23.6 Å². The van der Waals surface area contributed by atoms with Crippen LogP contribution in [0.1, 0.15) is 11.1 Å². The van der Waals surface area contributed by atoms with Crippen molar-refractivity contribution in [1.82, 2.24) is 19.6 Å². The first-order valence-corrected chi connectivity index (χ1v) is 6.99. The van der Waals surface area contributed by atoms with Crippen LogP contribution >= 0.6 is 0 Å². The standard InChI is InChI=1S/C17H13FN4/c1-10-5-15(12-3-4-22-17(7-12)19-9-20-22)21-16-6-11(2)14(18)8-13(10)16/h3-9H,1-2H3. The zero-order chi connectivity index (χ0) is 15.3. The molecule has 0 radical (unpaired) electrons. The molecule has 0 aliphatic rings. The van der Waals surface area contributed by atoms with E-state index in [9.17, 15) is 4.39 Å². The summed E-state index contributed by atoms with van der Waals surface area (Å²) in [6.07, 6.45) is 3.37. The maximum Gasteiger partial charge on any atom is 0.155 e. The molecule has 1 aromatic carbocycles. The predicted molar refractivity (Wildman–Crippen MR) is 83.2 cm³/mol. The van der Waals surface area contributed by atoms with Gasteiger partial charge in [-0.3, -0.25) is 0 Å². The summed E-state index contributed by atoms with van der Waals surface area (Å²) in [6.45, 7) is 3.72. The van der Waals surface area contributed by atoms with Crippen molar-refractivity contribution in [1.29, 1.82) is 0 Å². The molecule has 0 spiro atoms. The Labute approximate surface area is 126 Å². The highest BCUT2D eigenvalue weighted by Gasteiger charge is 2.09. The number of aromatic nitrogens is 4. The SMILES string of the molecule is Cc1cc2nc(-c3ccn4ncnc4c3)cc(C)c2cc1F. The Morgan fingerprint density at radius 2 is 1.91 bits per heavy atom. The van der Waals surface area contributed by atoms with Crippen molar-refractivity contribution in [3.63, 3.8) is 0 Å². The van der Waals surface area contributed by atoms with E-state index in [-0.39, 0.29) is 5.82 Å². The largest absolute Gasteiger partial charge is 0.248 e. The zero-order valence-electron chi connectivity index (χ0n) is 12.2. The van der Waals surface area contributed by atoms with Gasteiger partial charge in [0.25, 0.3) is 0 Å². The van der Waals surface area contributed by atoms with Crippen molar-refractivity contribution < 1.29 is 4.39 Å². The van der Waals surface area contributed by atoms with Crippen LogP contribution in [0.2, 0.25) is 0 Å². The number of fused-ring (bicyclic) bond motifs is 2. The lowest BCUT2D eigenvalue weighted by Gasteiger charge is -2.08. The summed E-state index contributed by atoms with van der Waals surface area (Å²) in [5.74, 6) is -0.199. The van der Waals surface area contributed by atoms with Crippen LogP contribution in [0.25, 0.3) is 27.8 Å². The molecule has 0 N–H and O–H groups in total. The molecule has 0 bridgehead atoms. The molecule has 0 atom stereocenters. The monoisotopic (exact) mass is 292 g/mol. The maximum atomic E-state index is 13.7. The quantitative estimate of drug-likeness (QED) is 0.537. The Kier molecular flexibility index (Phi) is 2.69. The smallest absolute Gasteiger partial charge is 0.155 e. The van der Waals surface area contributed by atoms with Crippen molar-refractivity contribution in [2.24, 2.45) is 0 Å². The molecule has 4 rings (SSSR count). The van der Waals surface area contributed by atoms with E-state index in [1.807, 2.05) is 31.3 Å². The van der Waals surface area contributed by atoms with Gasteiger partial charge in [-0.2, -0.15) is 5.10 Å². The first kappa shape index (κ1) is 12.9. The fraction of sp³-hybridized carbons (Fsp3) is 0.118. The van der Waals surface area contributed by atoms with Crippen LogP contribution in [0, 0.1) is 19.7 Å². The molecule has 108 valence electrons. The molecule has 4 aromatic rings. The number of hydrogen-bond acceptors (Lipinski definition) is 3. The van der Waals surface area contributed by atoms with Gasteiger partial charge in [0.05, 0.1) is 11.2 Å². The van der Waals surface area contributed by atoms with Crippen LogP contribution in [0.15, 0.2) is 42.9 Å². The first-order chi connectivity index (χ1) is 10.6. The van der Waals surface area contributed by atoms with Crippen LogP contribution in [0.3, 0.4) is 0 Å². The Hall–Kier alpha value is -2.82. The average molecular weight is 292 g/mol. The molecular weight excluding hydrogens is 279 g/mol. The molecule has 3 heterocycles. The third-order valence-electron chi connectivity index (χ3n) is 3.87. The second-order valence-corrected chi connectivity index (χ2v) is 5.42. The summed E-state index contributed by atoms with van der Waals surface area (Å²) in [5.41, 5.74) is 4.99. The number of aryl methyl sites for hydroxylation is 2. The lowest BCUT2D eigenvalue weighted by atomic mass is 10.0. The van der Waals surface area contributed by atoms with Crippen molar-refractivity contribution in [2.75, 3.05) is 0 Å². The van der Waals surface area contributed by atoms with Gasteiger partial charge in [0, 0.05) is 17.1 Å². The third kappa shape index (κ3) is 1.94. The minimum atomic E-state index is -0.199. The predicted octanol–water partition coefficient (Wildman–Crippen LogP) is 3.70. The molecule has 0 aliphatic carbocycles.